The summed E-state index contributed by atoms with van der Waals surface area (Å²) in [5.41, 5.74) is 3.36. The Kier molecular flexibility index (Phi) is 3.74. The van der Waals surface area contributed by atoms with Gasteiger partial charge in [-0.05, 0) is 11.3 Å². The Morgan fingerprint density at radius 1 is 1.22 bits per heavy atom. The van der Waals surface area contributed by atoms with E-state index in [0.29, 0.717) is 5.92 Å². The number of hydrogen-bond donors (Lipinski definition) is 0. The average Bonchev–Trinajstić information content (AvgIpc) is 2.64. The van der Waals surface area contributed by atoms with E-state index in [2.05, 4.69) is 49.1 Å². The molecule has 0 amide bonds. The van der Waals surface area contributed by atoms with Crippen LogP contribution in [0, 0.1) is 7.05 Å². The van der Waals surface area contributed by atoms with E-state index in [1.807, 2.05) is 10.8 Å². The zero-order valence-electron chi connectivity index (χ0n) is 10.6. The van der Waals surface area contributed by atoms with Gasteiger partial charge in [-0.2, -0.15) is 0 Å². The molecule has 0 saturated heterocycles. The summed E-state index contributed by atoms with van der Waals surface area (Å²) in [4.78, 5) is 8.41. The number of nitrogens with zero attached hydrogens (tertiary/aromatic N) is 3. The molecule has 0 saturated carbocycles. The molecular weight excluding hydrogens is 299 g/mol. The summed E-state index contributed by atoms with van der Waals surface area (Å²) in [5.74, 6) is 0.469. The van der Waals surface area contributed by atoms with Crippen LogP contribution in [0.5, 0.6) is 0 Å². The van der Waals surface area contributed by atoms with Crippen LogP contribution in [-0.2, 0) is 32.7 Å². The first-order valence-corrected chi connectivity index (χ1v) is 5.74. The molecule has 3 nitrogen and oxygen atoms in total. The maximum atomic E-state index is 4.31. The fourth-order valence-electron chi connectivity index (χ4n) is 2.38. The Balaban J connectivity index is 0.00000120. The second-order valence-corrected chi connectivity index (χ2v) is 4.59. The van der Waals surface area contributed by atoms with Gasteiger partial charge in [0.1, 0.15) is 6.33 Å². The minimum Gasteiger partial charge on any atom is -0.465 e. The number of fused-ring (bicyclic) bond motifs is 3. The SMILES string of the molecule is [CH2-]n1c2ncncc2c2cccc(C(C)C)c21.[Y]. The van der Waals surface area contributed by atoms with Gasteiger partial charge in [-0.3, -0.25) is 4.98 Å². The maximum Gasteiger partial charge on any atom is 0.103 e. The second kappa shape index (κ2) is 4.98. The fraction of sp³-hybridized carbons (Fsp3) is 0.214. The monoisotopic (exact) mass is 313 g/mol. The van der Waals surface area contributed by atoms with E-state index in [1.165, 1.54) is 10.9 Å². The Bertz CT molecular complexity index is 701. The van der Waals surface area contributed by atoms with Crippen LogP contribution in [0.15, 0.2) is 30.7 Å². The largest absolute Gasteiger partial charge is 0.465 e. The normalized spacial score (nSPS) is 11.1. The minimum atomic E-state index is 0. The molecule has 0 unspecified atom stereocenters. The van der Waals surface area contributed by atoms with Crippen LogP contribution in [0.3, 0.4) is 0 Å². The van der Waals surface area contributed by atoms with Crippen LogP contribution < -0.4 is 0 Å². The summed E-state index contributed by atoms with van der Waals surface area (Å²) in [6.07, 6.45) is 3.42. The van der Waals surface area contributed by atoms with Gasteiger partial charge in [0, 0.05) is 44.6 Å². The Labute approximate surface area is 131 Å². The molecule has 2 heterocycles. The van der Waals surface area contributed by atoms with Gasteiger partial charge >= 0.3 is 0 Å². The first-order valence-electron chi connectivity index (χ1n) is 5.74. The van der Waals surface area contributed by atoms with E-state index in [-0.39, 0.29) is 32.7 Å². The molecule has 0 aliphatic carbocycles. The summed E-state index contributed by atoms with van der Waals surface area (Å²) in [6.45, 7) is 4.39. The van der Waals surface area contributed by atoms with Gasteiger partial charge in [-0.15, -0.1) is 7.05 Å². The maximum absolute atomic E-state index is 4.31. The minimum absolute atomic E-state index is 0. The molecule has 0 aliphatic heterocycles. The molecular formula is C14H14N3Y-. The third kappa shape index (κ3) is 1.86. The van der Waals surface area contributed by atoms with Gasteiger partial charge in [-0.1, -0.05) is 48.5 Å². The van der Waals surface area contributed by atoms with Crippen molar-refractivity contribution < 1.29 is 32.7 Å². The molecule has 4 heteroatoms. The van der Waals surface area contributed by atoms with Crippen LogP contribution >= 0.6 is 0 Å². The Hall–Kier alpha value is -0.926. The predicted octanol–water partition coefficient (Wildman–Crippen LogP) is 3.35. The summed E-state index contributed by atoms with van der Waals surface area (Å²) in [7, 11) is 4.11. The van der Waals surface area contributed by atoms with Crippen LogP contribution in [-0.4, -0.2) is 14.5 Å². The standard InChI is InChI=1S/C14H14N3.Y/c1-9(2)10-5-4-6-11-12-7-15-8-16-14(12)17(3)13(10)11;/h4-9H,3H2,1-2H3;/q-1;. The number of hydrogen-bond acceptors (Lipinski definition) is 2. The number of para-hydroxylation sites is 1. The van der Waals surface area contributed by atoms with Crippen molar-refractivity contribution in [3.05, 3.63) is 43.3 Å². The second-order valence-electron chi connectivity index (χ2n) is 4.59. The van der Waals surface area contributed by atoms with Gasteiger partial charge in [0.2, 0.25) is 0 Å². The number of aromatic nitrogens is 3. The van der Waals surface area contributed by atoms with Crippen molar-refractivity contribution in [2.24, 2.45) is 0 Å². The van der Waals surface area contributed by atoms with Crippen molar-refractivity contribution in [3.8, 4) is 0 Å². The van der Waals surface area contributed by atoms with Crippen molar-refractivity contribution in [1.29, 1.82) is 0 Å². The molecule has 0 fully saturated rings. The third-order valence-corrected chi connectivity index (χ3v) is 3.20. The average molecular weight is 313 g/mol. The molecule has 2 aromatic heterocycles. The van der Waals surface area contributed by atoms with Crippen LogP contribution in [0.1, 0.15) is 25.3 Å². The van der Waals surface area contributed by atoms with Gasteiger partial charge in [-0.25, -0.2) is 4.98 Å². The first kappa shape index (κ1) is 13.5. The van der Waals surface area contributed by atoms with Crippen LogP contribution in [0.4, 0.5) is 0 Å². The number of rotatable bonds is 1. The quantitative estimate of drug-likeness (QED) is 0.645. The molecule has 0 aliphatic rings. The Morgan fingerprint density at radius 3 is 2.72 bits per heavy atom. The van der Waals surface area contributed by atoms with Crippen molar-refractivity contribution in [3.63, 3.8) is 0 Å². The molecule has 18 heavy (non-hydrogen) atoms. The van der Waals surface area contributed by atoms with E-state index in [0.717, 1.165) is 16.6 Å². The topological polar surface area (TPSA) is 30.7 Å². The molecule has 0 bridgehead atoms. The van der Waals surface area contributed by atoms with E-state index in [4.69, 9.17) is 0 Å². The molecule has 3 aromatic rings. The number of benzene rings is 1. The molecule has 3 rings (SSSR count). The molecule has 0 N–H and O–H groups in total. The van der Waals surface area contributed by atoms with Gasteiger partial charge in [0.05, 0.1) is 0 Å². The van der Waals surface area contributed by atoms with E-state index in [9.17, 15) is 0 Å². The molecule has 1 aromatic carbocycles. The molecule has 1 radical (unpaired) electrons. The molecule has 0 atom stereocenters. The summed E-state index contributed by atoms with van der Waals surface area (Å²) in [5, 5.41) is 2.25. The first-order chi connectivity index (χ1) is 8.20. The molecule has 0 spiro atoms. The zero-order valence-corrected chi connectivity index (χ0v) is 13.4. The smallest absolute Gasteiger partial charge is 0.103 e. The summed E-state index contributed by atoms with van der Waals surface area (Å²) in [6, 6.07) is 6.35. The van der Waals surface area contributed by atoms with Gasteiger partial charge < -0.3 is 4.57 Å². The van der Waals surface area contributed by atoms with Crippen molar-refractivity contribution in [2.75, 3.05) is 0 Å². The van der Waals surface area contributed by atoms with E-state index >= 15 is 0 Å². The van der Waals surface area contributed by atoms with Crippen LogP contribution in [0.2, 0.25) is 0 Å². The van der Waals surface area contributed by atoms with Crippen molar-refractivity contribution in [1.82, 2.24) is 14.5 Å². The van der Waals surface area contributed by atoms with Gasteiger partial charge in [0.15, 0.2) is 0 Å². The zero-order chi connectivity index (χ0) is 12.0. The van der Waals surface area contributed by atoms with Crippen molar-refractivity contribution in [2.45, 2.75) is 19.8 Å². The predicted molar refractivity (Wildman–Crippen MR) is 69.9 cm³/mol. The fourth-order valence-corrected chi connectivity index (χ4v) is 2.38. The summed E-state index contributed by atoms with van der Waals surface area (Å²) < 4.78 is 1.92. The van der Waals surface area contributed by atoms with Crippen LogP contribution in [0.25, 0.3) is 21.9 Å². The van der Waals surface area contributed by atoms with Gasteiger partial charge in [0.25, 0.3) is 0 Å². The van der Waals surface area contributed by atoms with E-state index in [1.54, 1.807) is 6.33 Å². The Morgan fingerprint density at radius 2 is 2.00 bits per heavy atom. The van der Waals surface area contributed by atoms with Crippen molar-refractivity contribution >= 4 is 21.9 Å². The summed E-state index contributed by atoms with van der Waals surface area (Å²) >= 11 is 0. The third-order valence-electron chi connectivity index (χ3n) is 3.20. The molecule has 89 valence electrons. The van der Waals surface area contributed by atoms with E-state index < -0.39 is 0 Å².